The summed E-state index contributed by atoms with van der Waals surface area (Å²) in [4.78, 5) is 23.8. The van der Waals surface area contributed by atoms with Crippen molar-refractivity contribution in [2.24, 2.45) is 0 Å². The number of nitrogens with one attached hydrogen (secondary N) is 3. The smallest absolute Gasteiger partial charge is 0.315 e. The molecule has 0 spiro atoms. The van der Waals surface area contributed by atoms with Gasteiger partial charge in [0.25, 0.3) is 0 Å². The summed E-state index contributed by atoms with van der Waals surface area (Å²) in [5, 5.41) is 8.89. The van der Waals surface area contributed by atoms with Crippen LogP contribution in [0.5, 0.6) is 0 Å². The van der Waals surface area contributed by atoms with Gasteiger partial charge in [-0.15, -0.1) is 0 Å². The third-order valence-electron chi connectivity index (χ3n) is 5.17. The lowest BCUT2D eigenvalue weighted by atomic mass is 9.99. The van der Waals surface area contributed by atoms with Crippen LogP contribution in [0.3, 0.4) is 0 Å². The average molecular weight is 349 g/mol. The minimum Gasteiger partial charge on any atom is -0.334 e. The Morgan fingerprint density at radius 2 is 2.00 bits per heavy atom. The molecule has 2 aliphatic rings. The van der Waals surface area contributed by atoms with Crippen molar-refractivity contribution in [3.63, 3.8) is 0 Å². The van der Waals surface area contributed by atoms with Crippen LogP contribution < -0.4 is 16.0 Å². The summed E-state index contributed by atoms with van der Waals surface area (Å²) < 4.78 is 0. The van der Waals surface area contributed by atoms with Crippen molar-refractivity contribution in [2.45, 2.75) is 44.7 Å². The number of anilines is 1. The Morgan fingerprint density at radius 1 is 1.12 bits per heavy atom. The predicted molar refractivity (Wildman–Crippen MR) is 101 cm³/mol. The fourth-order valence-electron chi connectivity index (χ4n) is 3.86. The number of fused-ring (bicyclic) bond motifs is 2. The third kappa shape index (κ3) is 3.57. The van der Waals surface area contributed by atoms with Crippen LogP contribution in [0.2, 0.25) is 0 Å². The molecule has 26 heavy (non-hydrogen) atoms. The van der Waals surface area contributed by atoms with Gasteiger partial charge in [-0.3, -0.25) is 4.79 Å². The van der Waals surface area contributed by atoms with E-state index in [9.17, 15) is 9.59 Å². The molecular weight excluding hydrogens is 326 g/mol. The maximum Gasteiger partial charge on any atom is 0.315 e. The summed E-state index contributed by atoms with van der Waals surface area (Å²) in [6.45, 7) is 0.446. The lowest BCUT2D eigenvalue weighted by molar-refractivity contribution is -0.115. The Kier molecular flexibility index (Phi) is 4.61. The zero-order chi connectivity index (χ0) is 17.9. The first-order chi connectivity index (χ1) is 12.7. The molecule has 2 aromatic rings. The number of aryl methyl sites for hydroxylation is 1. The summed E-state index contributed by atoms with van der Waals surface area (Å²) in [7, 11) is 0. The fourth-order valence-corrected chi connectivity index (χ4v) is 3.86. The van der Waals surface area contributed by atoms with Crippen LogP contribution >= 0.6 is 0 Å². The van der Waals surface area contributed by atoms with Gasteiger partial charge in [-0.1, -0.05) is 42.8 Å². The number of benzene rings is 2. The fraction of sp³-hybridized carbons (Fsp3) is 0.333. The predicted octanol–water partition coefficient (Wildman–Crippen LogP) is 3.45. The highest BCUT2D eigenvalue weighted by Gasteiger charge is 2.20. The Labute approximate surface area is 153 Å². The molecule has 134 valence electrons. The van der Waals surface area contributed by atoms with Crippen molar-refractivity contribution in [3.05, 3.63) is 64.7 Å². The number of hydrogen-bond donors (Lipinski definition) is 3. The molecule has 1 atom stereocenters. The van der Waals surface area contributed by atoms with Crippen LogP contribution in [0.15, 0.2) is 42.5 Å². The van der Waals surface area contributed by atoms with Crippen molar-refractivity contribution in [1.82, 2.24) is 10.6 Å². The first-order valence-corrected chi connectivity index (χ1v) is 9.23. The van der Waals surface area contributed by atoms with Gasteiger partial charge in [0.2, 0.25) is 5.91 Å². The van der Waals surface area contributed by atoms with E-state index < -0.39 is 0 Å². The van der Waals surface area contributed by atoms with E-state index in [0.29, 0.717) is 13.0 Å². The molecule has 1 heterocycles. The third-order valence-corrected chi connectivity index (χ3v) is 5.17. The van der Waals surface area contributed by atoms with E-state index in [1.54, 1.807) is 0 Å². The van der Waals surface area contributed by atoms with Crippen molar-refractivity contribution in [1.29, 1.82) is 0 Å². The first-order valence-electron chi connectivity index (χ1n) is 9.23. The van der Waals surface area contributed by atoms with Crippen LogP contribution in [0.25, 0.3) is 0 Å². The Bertz CT molecular complexity index is 847. The van der Waals surface area contributed by atoms with Gasteiger partial charge in [0.1, 0.15) is 0 Å². The number of urea groups is 1. The molecule has 1 aliphatic heterocycles. The van der Waals surface area contributed by atoms with E-state index in [-0.39, 0.29) is 18.0 Å². The molecule has 2 aromatic carbocycles. The van der Waals surface area contributed by atoms with Crippen LogP contribution in [-0.2, 0) is 24.2 Å². The van der Waals surface area contributed by atoms with E-state index >= 15 is 0 Å². The van der Waals surface area contributed by atoms with E-state index in [1.807, 2.05) is 24.3 Å². The van der Waals surface area contributed by atoms with Gasteiger partial charge in [0.15, 0.2) is 0 Å². The van der Waals surface area contributed by atoms with Gasteiger partial charge in [-0.05, 0) is 47.6 Å². The average Bonchev–Trinajstić information content (AvgIpc) is 2.90. The molecule has 0 radical (unpaired) electrons. The van der Waals surface area contributed by atoms with E-state index in [0.717, 1.165) is 36.1 Å². The second-order valence-corrected chi connectivity index (χ2v) is 7.04. The topological polar surface area (TPSA) is 70.2 Å². The van der Waals surface area contributed by atoms with Gasteiger partial charge < -0.3 is 16.0 Å². The van der Waals surface area contributed by atoms with Gasteiger partial charge in [0, 0.05) is 12.2 Å². The monoisotopic (exact) mass is 349 g/mol. The Morgan fingerprint density at radius 3 is 2.92 bits per heavy atom. The van der Waals surface area contributed by atoms with Crippen molar-refractivity contribution in [3.8, 4) is 0 Å². The summed E-state index contributed by atoms with van der Waals surface area (Å²) >= 11 is 0. The molecule has 5 nitrogen and oxygen atoms in total. The van der Waals surface area contributed by atoms with Crippen LogP contribution in [0, 0.1) is 0 Å². The molecule has 0 saturated heterocycles. The highest BCUT2D eigenvalue weighted by molar-refractivity contribution is 5.99. The summed E-state index contributed by atoms with van der Waals surface area (Å²) in [5.41, 5.74) is 5.44. The minimum absolute atomic E-state index is 0.0230. The molecule has 0 fully saturated rings. The van der Waals surface area contributed by atoms with Crippen molar-refractivity contribution in [2.75, 3.05) is 5.32 Å². The zero-order valence-corrected chi connectivity index (χ0v) is 14.7. The molecule has 3 amide bonds. The zero-order valence-electron chi connectivity index (χ0n) is 14.7. The highest BCUT2D eigenvalue weighted by Crippen LogP contribution is 2.28. The van der Waals surface area contributed by atoms with E-state index in [2.05, 4.69) is 34.1 Å². The second-order valence-electron chi connectivity index (χ2n) is 7.04. The highest BCUT2D eigenvalue weighted by atomic mass is 16.2. The maximum absolute atomic E-state index is 12.4. The standard InChI is InChI=1S/C21H23N3O2/c25-20-12-16-11-14(9-10-18(16)23-20)13-22-21(26)24-19-8-4-2-6-15-5-1-3-7-17(15)19/h1,3,5,7,9-11,19H,2,4,6,8,12-13H2,(H,23,25)(H2,22,24,26). The van der Waals surface area contributed by atoms with Crippen molar-refractivity contribution < 1.29 is 9.59 Å². The lowest BCUT2D eigenvalue weighted by Gasteiger charge is -2.20. The number of carbonyl (C=O) groups excluding carboxylic acids is 2. The van der Waals surface area contributed by atoms with E-state index in [4.69, 9.17) is 0 Å². The van der Waals surface area contributed by atoms with Crippen LogP contribution in [-0.4, -0.2) is 11.9 Å². The molecular formula is C21H23N3O2. The van der Waals surface area contributed by atoms with Crippen molar-refractivity contribution >= 4 is 17.6 Å². The Balaban J connectivity index is 1.37. The largest absolute Gasteiger partial charge is 0.334 e. The van der Waals surface area contributed by atoms with Gasteiger partial charge in [0.05, 0.1) is 12.5 Å². The molecule has 0 saturated carbocycles. The van der Waals surface area contributed by atoms with Crippen LogP contribution in [0.1, 0.15) is 47.6 Å². The summed E-state index contributed by atoms with van der Waals surface area (Å²) in [6, 6.07) is 14.1. The normalized spacial score (nSPS) is 18.3. The number of rotatable bonds is 3. The van der Waals surface area contributed by atoms with E-state index in [1.165, 1.54) is 17.5 Å². The van der Waals surface area contributed by atoms with Crippen LogP contribution in [0.4, 0.5) is 10.5 Å². The Hall–Kier alpha value is -2.82. The molecule has 0 aromatic heterocycles. The SMILES string of the molecule is O=C1Cc2cc(CNC(=O)NC3CCCCc4ccccc43)ccc2N1. The molecule has 0 bridgehead atoms. The summed E-state index contributed by atoms with van der Waals surface area (Å²) in [6.07, 6.45) is 4.74. The maximum atomic E-state index is 12.4. The first kappa shape index (κ1) is 16.6. The van der Waals surface area contributed by atoms with Gasteiger partial charge in [-0.25, -0.2) is 4.79 Å². The molecule has 1 aliphatic carbocycles. The number of amides is 3. The number of carbonyl (C=O) groups is 2. The van der Waals surface area contributed by atoms with Gasteiger partial charge >= 0.3 is 6.03 Å². The molecule has 5 heteroatoms. The number of hydrogen-bond acceptors (Lipinski definition) is 2. The summed E-state index contributed by atoms with van der Waals surface area (Å²) in [5.74, 6) is 0.0230. The lowest BCUT2D eigenvalue weighted by Crippen LogP contribution is -2.37. The quantitative estimate of drug-likeness (QED) is 0.743. The second kappa shape index (κ2) is 7.20. The van der Waals surface area contributed by atoms with Gasteiger partial charge in [-0.2, -0.15) is 0 Å². The molecule has 4 rings (SSSR count). The minimum atomic E-state index is -0.151. The molecule has 1 unspecified atom stereocenters. The molecule has 3 N–H and O–H groups in total.